The van der Waals surface area contributed by atoms with Gasteiger partial charge >= 0.3 is 39.5 Å². The summed E-state index contributed by atoms with van der Waals surface area (Å²) in [6, 6.07) is 0. The van der Waals surface area contributed by atoms with E-state index in [1.54, 1.807) is 0 Å². The van der Waals surface area contributed by atoms with Gasteiger partial charge in [0.15, 0.2) is 12.2 Å². The third-order valence-electron chi connectivity index (χ3n) is 18.7. The maximum absolute atomic E-state index is 13.1. The Morgan fingerprint density at radius 1 is 0.296 bits per heavy atom. The largest absolute Gasteiger partial charge is 0.472 e. The lowest BCUT2D eigenvalue weighted by Crippen LogP contribution is -2.30. The molecule has 0 aliphatic rings. The minimum absolute atomic E-state index is 0.106. The summed E-state index contributed by atoms with van der Waals surface area (Å²) in [7, 11) is -9.92. The van der Waals surface area contributed by atoms with Crippen LogP contribution in [0.15, 0.2) is 0 Å². The van der Waals surface area contributed by atoms with Gasteiger partial charge in [0.2, 0.25) is 0 Å². The molecule has 17 nitrogen and oxygen atoms in total. The molecule has 0 fully saturated rings. The first-order valence-electron chi connectivity index (χ1n) is 40.9. The second-order valence-electron chi connectivity index (χ2n) is 29.6. The number of rotatable bonds is 77. The maximum Gasteiger partial charge on any atom is 0.472 e. The number of carbonyl (C=O) groups excluding carboxylic acids is 4. The predicted octanol–water partition coefficient (Wildman–Crippen LogP) is 23.4. The van der Waals surface area contributed by atoms with Gasteiger partial charge in [0, 0.05) is 25.7 Å². The van der Waals surface area contributed by atoms with Gasteiger partial charge in [-0.25, -0.2) is 9.13 Å². The van der Waals surface area contributed by atoms with Crippen LogP contribution >= 0.6 is 15.6 Å². The van der Waals surface area contributed by atoms with E-state index in [2.05, 4.69) is 48.5 Å². The number of hydrogen-bond donors (Lipinski definition) is 3. The smallest absolute Gasteiger partial charge is 0.462 e. The summed E-state index contributed by atoms with van der Waals surface area (Å²) < 4.78 is 68.7. The van der Waals surface area contributed by atoms with Crippen LogP contribution in [0.5, 0.6) is 0 Å². The molecule has 98 heavy (non-hydrogen) atoms. The number of phosphoric ester groups is 2. The fourth-order valence-corrected chi connectivity index (χ4v) is 13.7. The van der Waals surface area contributed by atoms with E-state index in [0.717, 1.165) is 108 Å². The maximum atomic E-state index is 13.1. The number of carbonyl (C=O) groups is 4. The van der Waals surface area contributed by atoms with Gasteiger partial charge in [-0.2, -0.15) is 0 Å². The summed E-state index contributed by atoms with van der Waals surface area (Å²) in [5, 5.41) is 10.6. The van der Waals surface area contributed by atoms with Crippen molar-refractivity contribution < 1.29 is 80.2 Å². The van der Waals surface area contributed by atoms with Crippen LogP contribution < -0.4 is 0 Å². The summed E-state index contributed by atoms with van der Waals surface area (Å²) in [5.41, 5.74) is 0. The molecular weight excluding hydrogens is 1280 g/mol. The minimum Gasteiger partial charge on any atom is -0.462 e. The van der Waals surface area contributed by atoms with Crippen molar-refractivity contribution in [3.05, 3.63) is 0 Å². The van der Waals surface area contributed by atoms with E-state index in [0.29, 0.717) is 25.7 Å². The number of hydrogen-bond acceptors (Lipinski definition) is 15. The van der Waals surface area contributed by atoms with Gasteiger partial charge in [-0.3, -0.25) is 37.3 Å². The molecule has 0 amide bonds. The molecule has 0 aliphatic carbocycles. The molecule has 582 valence electrons. The molecule has 6 atom stereocenters. The van der Waals surface area contributed by atoms with Gasteiger partial charge in [-0.15, -0.1) is 0 Å². The van der Waals surface area contributed by atoms with Gasteiger partial charge in [-0.05, 0) is 43.4 Å². The zero-order valence-corrected chi connectivity index (χ0v) is 66.0. The highest BCUT2D eigenvalue weighted by atomic mass is 31.2. The van der Waals surface area contributed by atoms with Crippen LogP contribution in [0.4, 0.5) is 0 Å². The van der Waals surface area contributed by atoms with Crippen molar-refractivity contribution in [2.24, 2.45) is 17.8 Å². The number of aliphatic hydroxyl groups excluding tert-OH is 1. The van der Waals surface area contributed by atoms with Crippen LogP contribution in [0.3, 0.4) is 0 Å². The number of esters is 4. The SMILES string of the molecule is CCCCCCCCCCCCCCC(=O)OC[C@H](COP(=O)(O)OC[C@H](O)COP(=O)(O)OC[C@@H](COC(=O)CCCCCCCCCCCCCCCC(C)C)OC(=O)CCCCCCCCCCCCCCCCC(C)CC)OC(=O)CCCCCCCCCCCC(C)C. The molecule has 0 saturated heterocycles. The zero-order chi connectivity index (χ0) is 72.3. The lowest BCUT2D eigenvalue weighted by molar-refractivity contribution is -0.161. The van der Waals surface area contributed by atoms with E-state index in [1.165, 1.54) is 218 Å². The van der Waals surface area contributed by atoms with E-state index in [9.17, 15) is 43.2 Å². The number of phosphoric acid groups is 2. The third kappa shape index (κ3) is 71.1. The van der Waals surface area contributed by atoms with Crippen LogP contribution in [-0.4, -0.2) is 96.7 Å². The summed E-state index contributed by atoms with van der Waals surface area (Å²) in [4.78, 5) is 73.0. The van der Waals surface area contributed by atoms with Gasteiger partial charge in [0.1, 0.15) is 19.3 Å². The molecule has 0 radical (unpaired) electrons. The lowest BCUT2D eigenvalue weighted by Gasteiger charge is -2.21. The first-order valence-corrected chi connectivity index (χ1v) is 43.9. The Bertz CT molecular complexity index is 1910. The molecule has 3 N–H and O–H groups in total. The summed E-state index contributed by atoms with van der Waals surface area (Å²) in [5.74, 6) is 0.261. The lowest BCUT2D eigenvalue weighted by atomic mass is 9.99. The quantitative estimate of drug-likeness (QED) is 0.0222. The van der Waals surface area contributed by atoms with Crippen LogP contribution in [-0.2, 0) is 65.4 Å². The van der Waals surface area contributed by atoms with Gasteiger partial charge < -0.3 is 33.8 Å². The van der Waals surface area contributed by atoms with Crippen molar-refractivity contribution in [3.63, 3.8) is 0 Å². The Kier molecular flexibility index (Phi) is 68.1. The van der Waals surface area contributed by atoms with E-state index in [4.69, 9.17) is 37.0 Å². The zero-order valence-electron chi connectivity index (χ0n) is 64.3. The van der Waals surface area contributed by atoms with Gasteiger partial charge in [-0.1, -0.05) is 357 Å². The van der Waals surface area contributed by atoms with Crippen molar-refractivity contribution >= 4 is 39.5 Å². The third-order valence-corrected chi connectivity index (χ3v) is 20.6. The topological polar surface area (TPSA) is 237 Å². The first kappa shape index (κ1) is 96.1. The number of aliphatic hydroxyl groups is 1. The number of unbranched alkanes of at least 4 members (excludes halogenated alkanes) is 44. The van der Waals surface area contributed by atoms with E-state index < -0.39 is 97.5 Å². The molecule has 0 rings (SSSR count). The van der Waals surface area contributed by atoms with Gasteiger partial charge in [0.05, 0.1) is 26.4 Å². The fraction of sp³-hybridized carbons (Fsp3) is 0.949. The minimum atomic E-state index is -4.96. The van der Waals surface area contributed by atoms with E-state index >= 15 is 0 Å². The van der Waals surface area contributed by atoms with Gasteiger partial charge in [0.25, 0.3) is 0 Å². The van der Waals surface area contributed by atoms with Crippen molar-refractivity contribution in [2.75, 3.05) is 39.6 Å². The number of ether oxygens (including phenoxy) is 4. The van der Waals surface area contributed by atoms with Crippen LogP contribution in [0.2, 0.25) is 0 Å². The second-order valence-corrected chi connectivity index (χ2v) is 32.6. The summed E-state index contributed by atoms with van der Waals surface area (Å²) in [6.07, 6.45) is 56.7. The monoisotopic (exact) mass is 1440 g/mol. The highest BCUT2D eigenvalue weighted by Crippen LogP contribution is 2.45. The predicted molar refractivity (Wildman–Crippen MR) is 400 cm³/mol. The molecule has 0 bridgehead atoms. The van der Waals surface area contributed by atoms with Crippen molar-refractivity contribution in [1.82, 2.24) is 0 Å². The Morgan fingerprint density at radius 3 is 0.776 bits per heavy atom. The standard InChI is InChI=1S/C79H154O17P2/c1-8-10-11-12-13-14-15-25-32-39-46-53-60-76(81)89-67-75(96-79(84)63-56-49-42-35-28-30-37-44-51-58-71(5)6)69-94-98(87,88)92-65-73(80)64-91-97(85,86)93-68-74(66-90-77(82)61-54-47-40-33-26-22-18-19-23-29-36-43-50-57-70(3)4)95-78(83)62-55-48-41-34-27-21-17-16-20-24-31-38-45-52-59-72(7)9-2/h70-75,80H,8-69H2,1-7H3,(H,85,86)(H,87,88)/t72?,73-,74-,75-/m1/s1. The average molecular weight is 1440 g/mol. The summed E-state index contributed by atoms with van der Waals surface area (Å²) >= 11 is 0. The van der Waals surface area contributed by atoms with E-state index in [1.807, 2.05) is 0 Å². The fourth-order valence-electron chi connectivity index (χ4n) is 12.1. The van der Waals surface area contributed by atoms with Crippen molar-refractivity contribution in [2.45, 2.75) is 426 Å². The Balaban J connectivity index is 5.26. The molecule has 19 heteroatoms. The molecule has 0 aromatic rings. The molecule has 0 aliphatic heterocycles. The van der Waals surface area contributed by atoms with Crippen LogP contribution in [0, 0.1) is 17.8 Å². The highest BCUT2D eigenvalue weighted by Gasteiger charge is 2.30. The second kappa shape index (κ2) is 69.4. The Hall–Kier alpha value is -1.94. The molecule has 0 spiro atoms. The normalized spacial score (nSPS) is 14.3. The highest BCUT2D eigenvalue weighted by molar-refractivity contribution is 7.47. The first-order chi connectivity index (χ1) is 47.3. The van der Waals surface area contributed by atoms with Crippen LogP contribution in [0.1, 0.15) is 408 Å². The van der Waals surface area contributed by atoms with Crippen molar-refractivity contribution in [3.8, 4) is 0 Å². The molecule has 0 aromatic carbocycles. The van der Waals surface area contributed by atoms with Crippen molar-refractivity contribution in [1.29, 1.82) is 0 Å². The molecule has 0 heterocycles. The molecule has 3 unspecified atom stereocenters. The molecule has 0 aromatic heterocycles. The Morgan fingerprint density at radius 2 is 0.520 bits per heavy atom. The van der Waals surface area contributed by atoms with Crippen LogP contribution in [0.25, 0.3) is 0 Å². The molecular formula is C79H154O17P2. The van der Waals surface area contributed by atoms with E-state index in [-0.39, 0.29) is 25.7 Å². The Labute approximate surface area is 600 Å². The summed E-state index contributed by atoms with van der Waals surface area (Å²) in [6.45, 7) is 12.0. The average Bonchev–Trinajstić information content (AvgIpc) is 1.12. The molecule has 0 saturated carbocycles.